The van der Waals surface area contributed by atoms with Crippen LogP contribution >= 0.6 is 11.3 Å². The summed E-state index contributed by atoms with van der Waals surface area (Å²) in [5.74, 6) is -0.0336. The highest BCUT2D eigenvalue weighted by atomic mass is 32.1. The maximum atomic E-state index is 12.2. The second-order valence-corrected chi connectivity index (χ2v) is 6.39. The van der Waals surface area contributed by atoms with Gasteiger partial charge in [-0.1, -0.05) is 6.07 Å². The van der Waals surface area contributed by atoms with Crippen molar-refractivity contribution in [3.8, 4) is 5.75 Å². The fourth-order valence-corrected chi connectivity index (χ4v) is 2.65. The van der Waals surface area contributed by atoms with E-state index in [-0.39, 0.29) is 24.3 Å². The number of carbonyl (C=O) groups excluding carboxylic acids is 2. The van der Waals surface area contributed by atoms with Crippen LogP contribution < -0.4 is 10.1 Å². The summed E-state index contributed by atoms with van der Waals surface area (Å²) in [6.07, 6.45) is 0.127. The van der Waals surface area contributed by atoms with Gasteiger partial charge in [0.15, 0.2) is 0 Å². The Labute approximate surface area is 144 Å². The summed E-state index contributed by atoms with van der Waals surface area (Å²) in [6, 6.07) is 6.59. The number of hydrogen-bond donors (Lipinski definition) is 1. The molecule has 0 fully saturated rings. The van der Waals surface area contributed by atoms with Crippen LogP contribution in [-0.4, -0.2) is 30.0 Å². The zero-order chi connectivity index (χ0) is 17.5. The van der Waals surface area contributed by atoms with Gasteiger partial charge < -0.3 is 14.8 Å². The van der Waals surface area contributed by atoms with Gasteiger partial charge in [-0.25, -0.2) is 4.98 Å². The number of thiazole rings is 1. The molecule has 0 radical (unpaired) electrons. The number of amides is 1. The fourth-order valence-electron chi connectivity index (χ4n) is 2.05. The topological polar surface area (TPSA) is 77.5 Å². The van der Waals surface area contributed by atoms with Crippen LogP contribution in [0.5, 0.6) is 5.75 Å². The minimum atomic E-state index is -0.363. The molecular formula is C17H20N2O4S. The van der Waals surface area contributed by atoms with Crippen LogP contribution in [0.2, 0.25) is 0 Å². The van der Waals surface area contributed by atoms with Crippen LogP contribution in [0.25, 0.3) is 0 Å². The molecule has 1 heterocycles. The lowest BCUT2D eigenvalue weighted by molar-refractivity contribution is -0.141. The van der Waals surface area contributed by atoms with Crippen LogP contribution in [0, 0.1) is 6.92 Å². The molecule has 1 aromatic carbocycles. The first-order chi connectivity index (χ1) is 11.5. The van der Waals surface area contributed by atoms with Gasteiger partial charge in [-0.15, -0.1) is 11.3 Å². The van der Waals surface area contributed by atoms with Gasteiger partial charge in [-0.05, 0) is 32.0 Å². The van der Waals surface area contributed by atoms with E-state index in [1.807, 2.05) is 12.3 Å². The number of aryl methyl sites for hydroxylation is 1. The Morgan fingerprint density at radius 1 is 1.38 bits per heavy atom. The van der Waals surface area contributed by atoms with Crippen molar-refractivity contribution >= 4 is 23.2 Å². The molecular weight excluding hydrogens is 328 g/mol. The van der Waals surface area contributed by atoms with Gasteiger partial charge in [0.2, 0.25) is 0 Å². The first-order valence-corrected chi connectivity index (χ1v) is 8.37. The number of methoxy groups -OCH3 is 1. The minimum Gasteiger partial charge on any atom is -0.487 e. The second-order valence-electron chi connectivity index (χ2n) is 5.33. The number of nitrogens with zero attached hydrogens (tertiary/aromatic N) is 1. The minimum absolute atomic E-state index is 0.127. The standard InChI is InChI=1S/C17H20N2O4S/c1-11(7-16(20)22-3)18-17(21)13-5-4-6-15(8-13)23-9-14-10-24-12(2)19-14/h4-6,8,10-11H,7,9H2,1-3H3,(H,18,21). The van der Waals surface area contributed by atoms with Crippen molar-refractivity contribution in [2.75, 3.05) is 7.11 Å². The van der Waals surface area contributed by atoms with Crippen molar-refractivity contribution in [1.82, 2.24) is 10.3 Å². The van der Waals surface area contributed by atoms with Crippen LogP contribution in [0.1, 0.15) is 34.4 Å². The first kappa shape index (κ1) is 17.9. The summed E-state index contributed by atoms with van der Waals surface area (Å²) in [4.78, 5) is 27.8. The molecule has 2 aromatic rings. The van der Waals surface area contributed by atoms with Crippen molar-refractivity contribution in [2.24, 2.45) is 0 Å². The van der Waals surface area contributed by atoms with Crippen LogP contribution in [0.3, 0.4) is 0 Å². The van der Waals surface area contributed by atoms with E-state index in [9.17, 15) is 9.59 Å². The van der Waals surface area contributed by atoms with Crippen LogP contribution in [0.4, 0.5) is 0 Å². The van der Waals surface area contributed by atoms with Gasteiger partial charge in [0.25, 0.3) is 5.91 Å². The number of aromatic nitrogens is 1. The molecule has 1 atom stereocenters. The largest absolute Gasteiger partial charge is 0.487 e. The van der Waals surface area contributed by atoms with E-state index < -0.39 is 0 Å². The summed E-state index contributed by atoms with van der Waals surface area (Å²) >= 11 is 1.57. The average molecular weight is 348 g/mol. The summed E-state index contributed by atoms with van der Waals surface area (Å²) in [5, 5.41) is 5.69. The van der Waals surface area contributed by atoms with E-state index >= 15 is 0 Å². The number of rotatable bonds is 7. The van der Waals surface area contributed by atoms with Crippen LogP contribution in [0.15, 0.2) is 29.6 Å². The smallest absolute Gasteiger partial charge is 0.307 e. The normalized spacial score (nSPS) is 11.6. The van der Waals surface area contributed by atoms with Gasteiger partial charge in [-0.3, -0.25) is 9.59 Å². The molecule has 0 aliphatic heterocycles. The Morgan fingerprint density at radius 2 is 2.17 bits per heavy atom. The third kappa shape index (κ3) is 5.34. The second kappa shape index (κ2) is 8.44. The maximum absolute atomic E-state index is 12.2. The molecule has 1 aromatic heterocycles. The van der Waals surface area contributed by atoms with E-state index in [2.05, 4.69) is 15.0 Å². The Hall–Kier alpha value is -2.41. The van der Waals surface area contributed by atoms with E-state index in [1.165, 1.54) is 7.11 Å². The molecule has 0 spiro atoms. The molecule has 0 bridgehead atoms. The molecule has 2 rings (SSSR count). The molecule has 128 valence electrons. The molecule has 0 aliphatic rings. The van der Waals surface area contributed by atoms with E-state index in [4.69, 9.17) is 4.74 Å². The molecule has 0 saturated heterocycles. The Bertz CT molecular complexity index is 714. The number of esters is 1. The van der Waals surface area contributed by atoms with Gasteiger partial charge in [-0.2, -0.15) is 0 Å². The summed E-state index contributed by atoms with van der Waals surface area (Å²) < 4.78 is 10.3. The van der Waals surface area contributed by atoms with Gasteiger partial charge in [0.1, 0.15) is 12.4 Å². The van der Waals surface area contributed by atoms with Crippen LogP contribution in [-0.2, 0) is 16.1 Å². The SMILES string of the molecule is COC(=O)CC(C)NC(=O)c1cccc(OCc2csc(C)n2)c1. The lowest BCUT2D eigenvalue weighted by Crippen LogP contribution is -2.34. The van der Waals surface area contributed by atoms with Gasteiger partial charge in [0, 0.05) is 17.0 Å². The zero-order valence-corrected chi connectivity index (χ0v) is 14.7. The Morgan fingerprint density at radius 3 is 2.83 bits per heavy atom. The molecule has 0 aliphatic carbocycles. The van der Waals surface area contributed by atoms with Crippen molar-refractivity contribution < 1.29 is 19.1 Å². The third-order valence-electron chi connectivity index (χ3n) is 3.23. The van der Waals surface area contributed by atoms with E-state index in [1.54, 1.807) is 42.5 Å². The molecule has 6 nitrogen and oxygen atoms in total. The van der Waals surface area contributed by atoms with E-state index in [0.29, 0.717) is 17.9 Å². The summed E-state index contributed by atoms with van der Waals surface area (Å²) in [7, 11) is 1.32. The first-order valence-electron chi connectivity index (χ1n) is 7.49. The number of hydrogen-bond acceptors (Lipinski definition) is 6. The number of ether oxygens (including phenoxy) is 2. The number of benzene rings is 1. The number of carbonyl (C=O) groups is 2. The fraction of sp³-hybridized carbons (Fsp3) is 0.353. The van der Waals surface area contributed by atoms with Gasteiger partial charge >= 0.3 is 5.97 Å². The van der Waals surface area contributed by atoms with Crippen molar-refractivity contribution in [1.29, 1.82) is 0 Å². The lowest BCUT2D eigenvalue weighted by atomic mass is 10.1. The molecule has 1 amide bonds. The quantitative estimate of drug-likeness (QED) is 0.779. The predicted molar refractivity (Wildman–Crippen MR) is 91.2 cm³/mol. The molecule has 1 N–H and O–H groups in total. The highest BCUT2D eigenvalue weighted by Gasteiger charge is 2.14. The average Bonchev–Trinajstić information content (AvgIpc) is 2.98. The van der Waals surface area contributed by atoms with E-state index in [0.717, 1.165) is 10.7 Å². The molecule has 0 saturated carbocycles. The summed E-state index contributed by atoms with van der Waals surface area (Å²) in [6.45, 7) is 4.04. The predicted octanol–water partition coefficient (Wildman–Crippen LogP) is 2.71. The highest BCUT2D eigenvalue weighted by Crippen LogP contribution is 2.16. The van der Waals surface area contributed by atoms with Crippen molar-refractivity contribution in [2.45, 2.75) is 32.9 Å². The monoisotopic (exact) mass is 348 g/mol. The van der Waals surface area contributed by atoms with Crippen molar-refractivity contribution in [3.63, 3.8) is 0 Å². The Kier molecular flexibility index (Phi) is 6.31. The highest BCUT2D eigenvalue weighted by molar-refractivity contribution is 7.09. The number of nitrogens with one attached hydrogen (secondary N) is 1. The lowest BCUT2D eigenvalue weighted by Gasteiger charge is -2.13. The van der Waals surface area contributed by atoms with Crippen molar-refractivity contribution in [3.05, 3.63) is 45.9 Å². The molecule has 24 heavy (non-hydrogen) atoms. The Balaban J connectivity index is 1.93. The zero-order valence-electron chi connectivity index (χ0n) is 13.9. The maximum Gasteiger partial charge on any atom is 0.307 e. The molecule has 1 unspecified atom stereocenters. The summed E-state index contributed by atoms with van der Waals surface area (Å²) in [5.41, 5.74) is 1.33. The van der Waals surface area contributed by atoms with Gasteiger partial charge in [0.05, 0.1) is 24.2 Å². The third-order valence-corrected chi connectivity index (χ3v) is 4.05. The molecule has 7 heteroatoms.